The smallest absolute Gasteiger partial charge is 0.423 e. The van der Waals surface area contributed by atoms with E-state index in [4.69, 9.17) is 13.9 Å². The van der Waals surface area contributed by atoms with E-state index in [-0.39, 0.29) is 59.9 Å². The molecule has 0 saturated heterocycles. The Kier molecular flexibility index (Phi) is 13.2. The highest BCUT2D eigenvalue weighted by atomic mass is 79.9. The lowest BCUT2D eigenvalue weighted by Gasteiger charge is -2.30. The van der Waals surface area contributed by atoms with Crippen molar-refractivity contribution in [1.82, 2.24) is 0 Å². The molecule has 0 fully saturated rings. The van der Waals surface area contributed by atoms with Crippen LogP contribution in [0.5, 0.6) is 23.0 Å². The minimum atomic E-state index is -3.84. The van der Waals surface area contributed by atoms with E-state index in [2.05, 4.69) is 82.1 Å². The van der Waals surface area contributed by atoms with Crippen molar-refractivity contribution in [2.24, 2.45) is 0 Å². The fraction of sp³-hybridized carbons (Fsp3) is 0.0909. The summed E-state index contributed by atoms with van der Waals surface area (Å²) >= 11 is 7.13. The summed E-state index contributed by atoms with van der Waals surface area (Å²) in [7, 11) is -9.70. The van der Waals surface area contributed by atoms with Crippen LogP contribution in [0.4, 0.5) is 26.3 Å². The van der Waals surface area contributed by atoms with E-state index in [1.807, 2.05) is 38.1 Å². The first-order valence-corrected chi connectivity index (χ1v) is 32.2. The van der Waals surface area contributed by atoms with Crippen LogP contribution in [0.3, 0.4) is 0 Å². The number of halogens is 8. The Morgan fingerprint density at radius 3 is 1.00 bits per heavy atom. The van der Waals surface area contributed by atoms with Gasteiger partial charge >= 0.3 is 7.41 Å². The second kappa shape index (κ2) is 19.9. The van der Waals surface area contributed by atoms with Crippen LogP contribution in [0.25, 0.3) is 43.7 Å². The first kappa shape index (κ1) is 54.9. The highest BCUT2D eigenvalue weighted by Crippen LogP contribution is 2.57. The van der Waals surface area contributed by atoms with Gasteiger partial charge < -0.3 is 23.0 Å². The number of fused-ring (bicyclic) bond motifs is 12. The molecule has 17 heteroatoms. The van der Waals surface area contributed by atoms with Crippen LogP contribution in [0.2, 0.25) is 0 Å². The molecule has 412 valence electrons. The maximum absolute atomic E-state index is 15.3. The van der Waals surface area contributed by atoms with Gasteiger partial charge in [0.15, 0.2) is 25.4 Å². The first-order chi connectivity index (χ1) is 39.5. The maximum Gasteiger partial charge on any atom is 0.423 e. The lowest BCUT2D eigenvalue weighted by molar-refractivity contribution is 0.481. The van der Waals surface area contributed by atoms with E-state index in [0.717, 1.165) is 43.3 Å². The third kappa shape index (κ3) is 8.89. The molecule has 10 aromatic carbocycles. The van der Waals surface area contributed by atoms with Crippen LogP contribution >= 0.6 is 53.6 Å². The Morgan fingerprint density at radius 2 is 0.663 bits per heavy atom. The topological polar surface area (TPSA) is 82.8 Å². The zero-order chi connectivity index (χ0) is 58.2. The largest absolute Gasteiger partial charge is 0.456 e. The zero-order valence-corrected chi connectivity index (χ0v) is 50.0. The third-order valence-corrected chi connectivity index (χ3v) is 24.6. The summed E-state index contributed by atoms with van der Waals surface area (Å²) in [5.74, 6) is -2.48. The fourth-order valence-electron chi connectivity index (χ4n) is 11.9. The SMILES string of the molecule is CC1(C)c2cc(Br)ccc2-c2ccc(Br)cc21.CC1(C)c2cc(P3(=O)c4cc(F)ccc4Oc4ccc(F)cc43)ccc2-c2ccc(P3(=O)c4cc(F)ccc4Oc4ccc(F)cc43)cc21.O=[p+]1c2cc(F)ccc2oc2ccc(F)cc21. The Balaban J connectivity index is 0.000000153. The molecule has 0 spiro atoms. The fourth-order valence-corrected chi connectivity index (χ4v) is 19.7. The summed E-state index contributed by atoms with van der Waals surface area (Å²) in [5, 5.41) is 1.81. The van der Waals surface area contributed by atoms with Gasteiger partial charge in [-0.25, -0.2) is 26.3 Å². The molecule has 0 amide bonds. The van der Waals surface area contributed by atoms with Gasteiger partial charge in [-0.3, -0.25) is 0 Å². The molecule has 2 aliphatic carbocycles. The van der Waals surface area contributed by atoms with Gasteiger partial charge in [0.1, 0.15) is 57.9 Å². The summed E-state index contributed by atoms with van der Waals surface area (Å²) in [6.45, 7) is 8.54. The predicted molar refractivity (Wildman–Crippen MR) is 323 cm³/mol. The zero-order valence-electron chi connectivity index (χ0n) is 44.1. The molecule has 0 unspecified atom stereocenters. The van der Waals surface area contributed by atoms with Crippen molar-refractivity contribution in [1.29, 1.82) is 0 Å². The number of ether oxygens (including phenoxy) is 2. The molecule has 6 nitrogen and oxygen atoms in total. The third-order valence-electron chi connectivity index (χ3n) is 16.0. The van der Waals surface area contributed by atoms with Crippen molar-refractivity contribution >= 4 is 107 Å². The van der Waals surface area contributed by atoms with Gasteiger partial charge in [-0.2, -0.15) is 0 Å². The highest BCUT2D eigenvalue weighted by molar-refractivity contribution is 9.10. The number of hydrogen-bond acceptors (Lipinski definition) is 6. The monoisotopic (exact) mass is 1300 g/mol. The van der Waals surface area contributed by atoms with E-state index in [0.29, 0.717) is 21.8 Å². The van der Waals surface area contributed by atoms with E-state index in [1.54, 1.807) is 12.1 Å². The molecule has 0 N–H and O–H groups in total. The number of rotatable bonds is 2. The molecule has 15 rings (SSSR count). The second-order valence-electron chi connectivity index (χ2n) is 21.6. The van der Waals surface area contributed by atoms with Crippen LogP contribution < -0.4 is 41.3 Å². The molecule has 1 aromatic heterocycles. The van der Waals surface area contributed by atoms with Crippen molar-refractivity contribution in [3.8, 4) is 45.3 Å². The molecule has 11 aromatic rings. The van der Waals surface area contributed by atoms with Gasteiger partial charge in [-0.1, -0.05) is 101 Å². The molecule has 0 saturated carbocycles. The van der Waals surface area contributed by atoms with Gasteiger partial charge in [-0.15, -0.1) is 0 Å². The van der Waals surface area contributed by atoms with Crippen LogP contribution in [0.15, 0.2) is 195 Å². The molecule has 0 bridgehead atoms. The van der Waals surface area contributed by atoms with Crippen LogP contribution in [0.1, 0.15) is 49.9 Å². The van der Waals surface area contributed by atoms with Crippen molar-refractivity contribution < 1.29 is 53.9 Å². The van der Waals surface area contributed by atoms with E-state index >= 15 is 9.13 Å². The molecular weight excluding hydrogens is 1260 g/mol. The summed E-state index contributed by atoms with van der Waals surface area (Å²) < 4.78 is 147. The molecule has 2 aliphatic heterocycles. The maximum atomic E-state index is 15.3. The Hall–Kier alpha value is -7.30. The average Bonchev–Trinajstić information content (AvgIpc) is 1.93. The van der Waals surface area contributed by atoms with Gasteiger partial charge in [0.25, 0.3) is 0 Å². The quantitative estimate of drug-likeness (QED) is 0.0974. The van der Waals surface area contributed by atoms with E-state index in [1.165, 1.54) is 119 Å². The van der Waals surface area contributed by atoms with Gasteiger partial charge in [0, 0.05) is 42.5 Å². The van der Waals surface area contributed by atoms with Crippen molar-refractivity contribution in [3.63, 3.8) is 0 Å². The minimum absolute atomic E-state index is 0.0816. The minimum Gasteiger partial charge on any atom is -0.456 e. The molecule has 0 atom stereocenters. The van der Waals surface area contributed by atoms with Gasteiger partial charge in [0.05, 0.1) is 21.2 Å². The summed E-state index contributed by atoms with van der Waals surface area (Å²) in [6, 6.07) is 46.8. The van der Waals surface area contributed by atoms with Crippen molar-refractivity contribution in [3.05, 3.63) is 248 Å². The molecule has 83 heavy (non-hydrogen) atoms. The van der Waals surface area contributed by atoms with Gasteiger partial charge in [-0.05, 0) is 178 Å². The number of benzene rings is 10. The van der Waals surface area contributed by atoms with E-state index in [9.17, 15) is 30.9 Å². The van der Waals surface area contributed by atoms with Crippen molar-refractivity contribution in [2.45, 2.75) is 38.5 Å². The van der Waals surface area contributed by atoms with Crippen molar-refractivity contribution in [2.75, 3.05) is 0 Å². The normalized spacial score (nSPS) is 15.2. The first-order valence-electron chi connectivity index (χ1n) is 26.0. The predicted octanol–water partition coefficient (Wildman–Crippen LogP) is 18.2. The lowest BCUT2D eigenvalue weighted by Crippen LogP contribution is -2.32. The number of hydrogen-bond donors (Lipinski definition) is 0. The summed E-state index contributed by atoms with van der Waals surface area (Å²) in [5.41, 5.74) is 8.88. The Bertz CT molecular complexity index is 4410. The molecule has 4 aliphatic rings. The van der Waals surface area contributed by atoms with Crippen LogP contribution in [-0.2, 0) is 24.5 Å². The van der Waals surface area contributed by atoms with Gasteiger partial charge in [0.2, 0.25) is 10.2 Å². The highest BCUT2D eigenvalue weighted by Gasteiger charge is 2.45. The molecule has 3 heterocycles. The van der Waals surface area contributed by atoms with E-state index < -0.39 is 62.0 Å². The lowest BCUT2D eigenvalue weighted by atomic mass is 9.82. The van der Waals surface area contributed by atoms with Crippen LogP contribution in [0, 0.1) is 34.9 Å². The second-order valence-corrected chi connectivity index (χ2v) is 30.4. The summed E-state index contributed by atoms with van der Waals surface area (Å²) in [4.78, 5) is 0. The molecular formula is C66H42Br2F6O6P3+. The Morgan fingerprint density at radius 1 is 0.373 bits per heavy atom. The average molecular weight is 1300 g/mol. The standard InChI is InChI=1S/C39H24F4O4P2.C15H12Br2.C12H6F2O2P/c1-39(2)29-19-25(48(44)35-15-21(40)3-11-31(35)46-32-12-4-22(41)16-36(32)48)7-9-27(29)28-10-8-26(20-30(28)39)49(45)37-17-23(42)5-13-33(37)47-34-14-6-24(43)18-38(34)49;1-15(2)13-7-9(16)3-5-11(13)12-6-4-10(17)8-14(12)15;13-7-1-3-9-11(5-7)17(15)12-6-8(14)2-4-10(12)16-9/h3-20H,1-2H3;3-8H,1-2H3;1-6H/q;;+1. The molecule has 0 radical (unpaired) electrons. The van der Waals surface area contributed by atoms with Crippen LogP contribution in [-0.4, -0.2) is 0 Å². The summed E-state index contributed by atoms with van der Waals surface area (Å²) in [6.07, 6.45) is 0. The Labute approximate surface area is 489 Å².